The highest BCUT2D eigenvalue weighted by molar-refractivity contribution is 5.89. The second-order valence-corrected chi connectivity index (χ2v) is 6.33. The van der Waals surface area contributed by atoms with Crippen LogP contribution in [0.15, 0.2) is 60.7 Å². The van der Waals surface area contributed by atoms with Crippen LogP contribution >= 0.6 is 0 Å². The van der Waals surface area contributed by atoms with E-state index in [9.17, 15) is 4.79 Å². The summed E-state index contributed by atoms with van der Waals surface area (Å²) in [6.07, 6.45) is 1.68. The molecule has 6 heteroatoms. The number of carbonyl (C=O) groups is 1. The van der Waals surface area contributed by atoms with Gasteiger partial charge >= 0.3 is 6.03 Å². The number of aromatic amines is 1. The van der Waals surface area contributed by atoms with E-state index in [1.165, 1.54) is 0 Å². The molecule has 0 atom stereocenters. The van der Waals surface area contributed by atoms with Crippen LogP contribution in [0.3, 0.4) is 0 Å². The number of benzene rings is 2. The first-order valence-electron chi connectivity index (χ1n) is 8.91. The van der Waals surface area contributed by atoms with Gasteiger partial charge in [0.2, 0.25) is 0 Å². The van der Waals surface area contributed by atoms with E-state index in [-0.39, 0.29) is 6.03 Å². The van der Waals surface area contributed by atoms with Crippen LogP contribution in [0, 0.1) is 0 Å². The van der Waals surface area contributed by atoms with Crippen molar-refractivity contribution in [1.82, 2.24) is 15.1 Å². The maximum atomic E-state index is 12.3. The van der Waals surface area contributed by atoms with Gasteiger partial charge in [0, 0.05) is 36.6 Å². The molecular formula is C21H24N4O2. The number of anilines is 1. The van der Waals surface area contributed by atoms with Gasteiger partial charge in [0.25, 0.3) is 0 Å². The number of aromatic nitrogens is 2. The van der Waals surface area contributed by atoms with Gasteiger partial charge in [0.05, 0.1) is 12.8 Å². The molecule has 3 aromatic rings. The third-order valence-corrected chi connectivity index (χ3v) is 4.31. The number of H-pyrrole nitrogens is 1. The maximum absolute atomic E-state index is 12.3. The van der Waals surface area contributed by atoms with Crippen molar-refractivity contribution in [2.75, 3.05) is 26.0 Å². The number of ether oxygens (including phenoxy) is 1. The van der Waals surface area contributed by atoms with Crippen molar-refractivity contribution in [2.24, 2.45) is 0 Å². The van der Waals surface area contributed by atoms with Crippen molar-refractivity contribution in [2.45, 2.75) is 12.8 Å². The Bertz CT molecular complexity index is 877. The van der Waals surface area contributed by atoms with Gasteiger partial charge in [-0.3, -0.25) is 5.10 Å². The molecule has 27 heavy (non-hydrogen) atoms. The number of amides is 2. The Labute approximate surface area is 159 Å². The summed E-state index contributed by atoms with van der Waals surface area (Å²) in [6, 6.07) is 19.3. The molecule has 3 rings (SSSR count). The standard InChI is InChI=1S/C21H24N4O2/c1-25(21(26)22-17-10-6-12-19(14-17)27-2)13-7-11-18-15-20(24-23-18)16-8-4-3-5-9-16/h3-6,8-10,12,14-15H,7,11,13H2,1-2H3,(H,22,26)(H,23,24). The number of carbonyl (C=O) groups excluding carboxylic acids is 1. The summed E-state index contributed by atoms with van der Waals surface area (Å²) < 4.78 is 5.17. The van der Waals surface area contributed by atoms with E-state index >= 15 is 0 Å². The molecule has 0 radical (unpaired) electrons. The molecule has 0 spiro atoms. The minimum atomic E-state index is -0.141. The first-order valence-corrected chi connectivity index (χ1v) is 8.91. The molecule has 6 nitrogen and oxygen atoms in total. The first-order chi connectivity index (χ1) is 13.2. The van der Waals surface area contributed by atoms with E-state index in [0.717, 1.165) is 29.8 Å². The van der Waals surface area contributed by atoms with Crippen LogP contribution in [0.4, 0.5) is 10.5 Å². The van der Waals surface area contributed by atoms with Gasteiger partial charge in [-0.2, -0.15) is 5.10 Å². The predicted molar refractivity (Wildman–Crippen MR) is 107 cm³/mol. The summed E-state index contributed by atoms with van der Waals surface area (Å²) >= 11 is 0. The topological polar surface area (TPSA) is 70.2 Å². The summed E-state index contributed by atoms with van der Waals surface area (Å²) in [5.41, 5.74) is 3.81. The van der Waals surface area contributed by atoms with Crippen LogP contribution in [0.1, 0.15) is 12.1 Å². The molecule has 0 bridgehead atoms. The van der Waals surface area contributed by atoms with Gasteiger partial charge in [-0.05, 0) is 31.0 Å². The summed E-state index contributed by atoms with van der Waals surface area (Å²) in [6.45, 7) is 0.648. The minimum Gasteiger partial charge on any atom is -0.497 e. The highest BCUT2D eigenvalue weighted by Crippen LogP contribution is 2.18. The lowest BCUT2D eigenvalue weighted by molar-refractivity contribution is 0.222. The van der Waals surface area contributed by atoms with E-state index in [4.69, 9.17) is 4.74 Å². The van der Waals surface area contributed by atoms with Crippen LogP contribution in [0.5, 0.6) is 5.75 Å². The third kappa shape index (κ3) is 5.10. The fourth-order valence-electron chi connectivity index (χ4n) is 2.77. The highest BCUT2D eigenvalue weighted by Gasteiger charge is 2.10. The highest BCUT2D eigenvalue weighted by atomic mass is 16.5. The molecule has 1 aromatic heterocycles. The summed E-state index contributed by atoms with van der Waals surface area (Å²) in [5, 5.41) is 10.3. The van der Waals surface area contributed by atoms with Crippen molar-refractivity contribution in [3.8, 4) is 17.0 Å². The van der Waals surface area contributed by atoms with Gasteiger partial charge in [-0.1, -0.05) is 36.4 Å². The van der Waals surface area contributed by atoms with Gasteiger partial charge < -0.3 is 15.0 Å². The quantitative estimate of drug-likeness (QED) is 0.661. The van der Waals surface area contributed by atoms with Crippen molar-refractivity contribution < 1.29 is 9.53 Å². The fourth-order valence-corrected chi connectivity index (χ4v) is 2.77. The molecule has 2 amide bonds. The Kier molecular flexibility index (Phi) is 6.10. The average molecular weight is 364 g/mol. The Hall–Kier alpha value is -3.28. The molecule has 140 valence electrons. The maximum Gasteiger partial charge on any atom is 0.321 e. The zero-order valence-corrected chi connectivity index (χ0v) is 15.6. The molecule has 0 aliphatic rings. The Morgan fingerprint density at radius 3 is 2.74 bits per heavy atom. The van der Waals surface area contributed by atoms with Crippen LogP contribution in [0.2, 0.25) is 0 Å². The first kappa shape index (κ1) is 18.5. The molecule has 0 aliphatic carbocycles. The average Bonchev–Trinajstić information content (AvgIpc) is 3.17. The number of nitrogens with zero attached hydrogens (tertiary/aromatic N) is 2. The molecule has 2 N–H and O–H groups in total. The van der Waals surface area contributed by atoms with Gasteiger partial charge in [0.1, 0.15) is 5.75 Å². The molecule has 0 aliphatic heterocycles. The number of rotatable bonds is 7. The number of methoxy groups -OCH3 is 1. The smallest absolute Gasteiger partial charge is 0.321 e. The lowest BCUT2D eigenvalue weighted by atomic mass is 10.1. The number of urea groups is 1. The van der Waals surface area contributed by atoms with Crippen molar-refractivity contribution in [3.05, 3.63) is 66.4 Å². The van der Waals surface area contributed by atoms with Crippen LogP contribution < -0.4 is 10.1 Å². The number of aryl methyl sites for hydroxylation is 1. The molecule has 2 aromatic carbocycles. The van der Waals surface area contributed by atoms with Crippen molar-refractivity contribution >= 4 is 11.7 Å². The van der Waals surface area contributed by atoms with Crippen LogP contribution in [0.25, 0.3) is 11.3 Å². The van der Waals surface area contributed by atoms with Crippen molar-refractivity contribution in [1.29, 1.82) is 0 Å². The molecule has 0 saturated carbocycles. The summed E-state index contributed by atoms with van der Waals surface area (Å²) in [5.74, 6) is 0.712. The Morgan fingerprint density at radius 1 is 1.15 bits per heavy atom. The monoisotopic (exact) mass is 364 g/mol. The lowest BCUT2D eigenvalue weighted by Gasteiger charge is -2.18. The fraction of sp³-hybridized carbons (Fsp3) is 0.238. The zero-order chi connectivity index (χ0) is 19.1. The van der Waals surface area contributed by atoms with Crippen LogP contribution in [-0.4, -0.2) is 41.8 Å². The second kappa shape index (κ2) is 8.89. The minimum absolute atomic E-state index is 0.141. The molecule has 0 saturated heterocycles. The lowest BCUT2D eigenvalue weighted by Crippen LogP contribution is -2.32. The summed E-state index contributed by atoms with van der Waals surface area (Å²) in [7, 11) is 3.39. The predicted octanol–water partition coefficient (Wildman–Crippen LogP) is 4.18. The molecule has 0 unspecified atom stereocenters. The van der Waals surface area contributed by atoms with Crippen molar-refractivity contribution in [3.63, 3.8) is 0 Å². The largest absolute Gasteiger partial charge is 0.497 e. The second-order valence-electron chi connectivity index (χ2n) is 6.33. The van der Waals surface area contributed by atoms with E-state index in [0.29, 0.717) is 18.0 Å². The Balaban J connectivity index is 1.47. The number of nitrogens with one attached hydrogen (secondary N) is 2. The van der Waals surface area contributed by atoms with Crippen LogP contribution in [-0.2, 0) is 6.42 Å². The van der Waals surface area contributed by atoms with Gasteiger partial charge in [-0.25, -0.2) is 4.79 Å². The molecule has 0 fully saturated rings. The van der Waals surface area contributed by atoms with E-state index in [1.54, 1.807) is 25.1 Å². The molecule has 1 heterocycles. The number of hydrogen-bond acceptors (Lipinski definition) is 3. The SMILES string of the molecule is COc1cccc(NC(=O)N(C)CCCc2cc(-c3ccccc3)n[nH]2)c1. The third-order valence-electron chi connectivity index (χ3n) is 4.31. The van der Waals surface area contributed by atoms with Gasteiger partial charge in [-0.15, -0.1) is 0 Å². The Morgan fingerprint density at radius 2 is 1.96 bits per heavy atom. The number of hydrogen-bond donors (Lipinski definition) is 2. The molecular weight excluding hydrogens is 340 g/mol. The van der Waals surface area contributed by atoms with E-state index in [2.05, 4.69) is 21.6 Å². The van der Waals surface area contributed by atoms with Gasteiger partial charge in [0.15, 0.2) is 0 Å². The zero-order valence-electron chi connectivity index (χ0n) is 15.6. The van der Waals surface area contributed by atoms with E-state index < -0.39 is 0 Å². The van der Waals surface area contributed by atoms with E-state index in [1.807, 2.05) is 48.5 Å². The summed E-state index contributed by atoms with van der Waals surface area (Å²) in [4.78, 5) is 14.0. The normalized spacial score (nSPS) is 10.4.